The number of esters is 1. The third-order valence-electron chi connectivity index (χ3n) is 6.28. The molecule has 7 nitrogen and oxygen atoms in total. The topological polar surface area (TPSA) is 76.2 Å². The summed E-state index contributed by atoms with van der Waals surface area (Å²) in [5.41, 5.74) is -0.262. The lowest BCUT2D eigenvalue weighted by Crippen LogP contribution is -2.47. The van der Waals surface area contributed by atoms with Crippen molar-refractivity contribution in [2.24, 2.45) is 11.3 Å². The molecule has 2 amide bonds. The second-order valence-corrected chi connectivity index (χ2v) is 12.8. The minimum absolute atomic E-state index is 0.0176. The van der Waals surface area contributed by atoms with Crippen LogP contribution in [0.1, 0.15) is 94.6 Å². The molecule has 1 saturated heterocycles. The van der Waals surface area contributed by atoms with Crippen LogP contribution < -0.4 is 4.90 Å². The summed E-state index contributed by atoms with van der Waals surface area (Å²) in [5.74, 6) is 5.84. The van der Waals surface area contributed by atoms with Crippen molar-refractivity contribution in [3.05, 3.63) is 15.8 Å². The van der Waals surface area contributed by atoms with E-state index in [1.165, 1.54) is 18.4 Å². The fourth-order valence-electron chi connectivity index (χ4n) is 4.60. The molecule has 1 unspecified atom stereocenters. The molecular formula is C28H40N2O5S. The third kappa shape index (κ3) is 7.25. The smallest absolute Gasteiger partial charge is 0.410 e. The lowest BCUT2D eigenvalue weighted by Gasteiger charge is -2.33. The Morgan fingerprint density at radius 3 is 2.31 bits per heavy atom. The Hall–Kier alpha value is -2.53. The van der Waals surface area contributed by atoms with E-state index >= 15 is 0 Å². The summed E-state index contributed by atoms with van der Waals surface area (Å²) in [6.45, 7) is 12.4. The molecule has 0 bridgehead atoms. The van der Waals surface area contributed by atoms with Gasteiger partial charge in [-0.05, 0) is 66.9 Å². The average Bonchev–Trinajstić information content (AvgIpc) is 3.44. The van der Waals surface area contributed by atoms with E-state index in [1.807, 2.05) is 47.6 Å². The first-order valence-corrected chi connectivity index (χ1v) is 13.7. The van der Waals surface area contributed by atoms with Gasteiger partial charge in [-0.15, -0.1) is 11.3 Å². The quantitative estimate of drug-likeness (QED) is 0.370. The highest BCUT2D eigenvalue weighted by molar-refractivity contribution is 7.15. The molecule has 0 radical (unpaired) electrons. The van der Waals surface area contributed by atoms with Gasteiger partial charge in [0.05, 0.1) is 23.7 Å². The molecule has 8 heteroatoms. The number of hydrogen-bond acceptors (Lipinski definition) is 6. The highest BCUT2D eigenvalue weighted by Gasteiger charge is 2.40. The molecule has 2 fully saturated rings. The number of likely N-dealkylation sites (tertiary alicyclic amines) is 1. The largest absolute Gasteiger partial charge is 0.465 e. The highest BCUT2D eigenvalue weighted by atomic mass is 32.1. The minimum atomic E-state index is -0.598. The van der Waals surface area contributed by atoms with E-state index in [-0.39, 0.29) is 29.4 Å². The lowest BCUT2D eigenvalue weighted by atomic mass is 9.87. The molecule has 1 aromatic rings. The predicted molar refractivity (Wildman–Crippen MR) is 142 cm³/mol. The van der Waals surface area contributed by atoms with Gasteiger partial charge in [0.2, 0.25) is 5.91 Å². The van der Waals surface area contributed by atoms with Gasteiger partial charge >= 0.3 is 12.1 Å². The SMILES string of the molecule is COC(=O)c1sc(C#CC(C)(C)C)cc1N(C(=O)C1CCCCC1)C1CCN(C(=O)OC(C)(C)C)C1. The van der Waals surface area contributed by atoms with Gasteiger partial charge in [0, 0.05) is 24.4 Å². The number of nitrogens with zero attached hydrogens (tertiary/aromatic N) is 2. The van der Waals surface area contributed by atoms with Crippen LogP contribution in [0, 0.1) is 23.2 Å². The molecule has 0 N–H and O–H groups in total. The Kier molecular flexibility index (Phi) is 8.76. The maximum Gasteiger partial charge on any atom is 0.410 e. The first-order chi connectivity index (χ1) is 16.8. The molecule has 1 aliphatic carbocycles. The number of amides is 2. The Labute approximate surface area is 219 Å². The number of thiophene rings is 1. The van der Waals surface area contributed by atoms with E-state index in [0.717, 1.165) is 32.1 Å². The molecule has 1 saturated carbocycles. The van der Waals surface area contributed by atoms with E-state index < -0.39 is 11.6 Å². The highest BCUT2D eigenvalue weighted by Crippen LogP contribution is 2.37. The second-order valence-electron chi connectivity index (χ2n) is 11.7. The monoisotopic (exact) mass is 516 g/mol. The summed E-state index contributed by atoms with van der Waals surface area (Å²) in [6.07, 6.45) is 5.09. The van der Waals surface area contributed by atoms with Gasteiger partial charge in [-0.2, -0.15) is 0 Å². The van der Waals surface area contributed by atoms with Gasteiger partial charge in [-0.1, -0.05) is 31.1 Å². The summed E-state index contributed by atoms with van der Waals surface area (Å²) in [7, 11) is 1.35. The van der Waals surface area contributed by atoms with Crippen molar-refractivity contribution in [1.29, 1.82) is 0 Å². The van der Waals surface area contributed by atoms with Crippen molar-refractivity contribution in [3.63, 3.8) is 0 Å². The van der Waals surface area contributed by atoms with Gasteiger partial charge in [0.25, 0.3) is 0 Å². The molecule has 198 valence electrons. The van der Waals surface area contributed by atoms with E-state index in [2.05, 4.69) is 11.8 Å². The standard InChI is InChI=1S/C28H40N2O5S/c1-27(2,3)15-13-21-17-22(23(36-21)25(32)34-7)30(24(31)19-11-9-8-10-12-19)20-14-16-29(18-20)26(33)35-28(4,5)6/h17,19-20H,8-12,14,16,18H2,1-7H3. The van der Waals surface area contributed by atoms with Crippen molar-refractivity contribution in [2.45, 2.75) is 91.7 Å². The maximum absolute atomic E-state index is 14.0. The van der Waals surface area contributed by atoms with Crippen molar-refractivity contribution in [3.8, 4) is 11.8 Å². The zero-order valence-electron chi connectivity index (χ0n) is 22.7. The number of methoxy groups -OCH3 is 1. The van der Waals surface area contributed by atoms with Gasteiger partial charge in [0.15, 0.2) is 0 Å². The number of carbonyl (C=O) groups excluding carboxylic acids is 3. The zero-order chi connectivity index (χ0) is 26.7. The number of carbonyl (C=O) groups is 3. The Balaban J connectivity index is 2.00. The Morgan fingerprint density at radius 2 is 1.72 bits per heavy atom. The van der Waals surface area contributed by atoms with Gasteiger partial charge in [-0.25, -0.2) is 9.59 Å². The van der Waals surface area contributed by atoms with Crippen LogP contribution in [0.4, 0.5) is 10.5 Å². The molecule has 1 aliphatic heterocycles. The third-order valence-corrected chi connectivity index (χ3v) is 7.30. The van der Waals surface area contributed by atoms with Gasteiger partial charge in [-0.3, -0.25) is 4.79 Å². The molecule has 0 spiro atoms. The van der Waals surface area contributed by atoms with E-state index in [1.54, 1.807) is 9.80 Å². The first-order valence-electron chi connectivity index (χ1n) is 12.9. The van der Waals surface area contributed by atoms with Crippen LogP contribution in [0.3, 0.4) is 0 Å². The molecule has 2 aliphatic rings. The summed E-state index contributed by atoms with van der Waals surface area (Å²) >= 11 is 1.25. The van der Waals surface area contributed by atoms with Crippen LogP contribution in [0.25, 0.3) is 0 Å². The van der Waals surface area contributed by atoms with Crippen LogP contribution in [-0.2, 0) is 14.3 Å². The summed E-state index contributed by atoms with van der Waals surface area (Å²) in [6, 6.07) is 1.58. The molecular weight excluding hydrogens is 476 g/mol. The Bertz CT molecular complexity index is 1030. The van der Waals surface area contributed by atoms with Crippen LogP contribution in [0.5, 0.6) is 0 Å². The summed E-state index contributed by atoms with van der Waals surface area (Å²) in [4.78, 5) is 44.1. The van der Waals surface area contributed by atoms with Crippen LogP contribution in [0.15, 0.2) is 6.07 Å². The predicted octanol–water partition coefficient (Wildman–Crippen LogP) is 5.86. The van der Waals surface area contributed by atoms with Gasteiger partial charge < -0.3 is 19.3 Å². The summed E-state index contributed by atoms with van der Waals surface area (Å²) in [5, 5.41) is 0. The Morgan fingerprint density at radius 1 is 1.06 bits per heavy atom. The zero-order valence-corrected chi connectivity index (χ0v) is 23.5. The fourth-order valence-corrected chi connectivity index (χ4v) is 5.52. The van der Waals surface area contributed by atoms with E-state index in [0.29, 0.717) is 35.0 Å². The number of anilines is 1. The molecule has 1 aromatic heterocycles. The van der Waals surface area contributed by atoms with Crippen LogP contribution >= 0.6 is 11.3 Å². The summed E-state index contributed by atoms with van der Waals surface area (Å²) < 4.78 is 10.7. The van der Waals surface area contributed by atoms with Gasteiger partial charge in [0.1, 0.15) is 10.5 Å². The van der Waals surface area contributed by atoms with E-state index in [4.69, 9.17) is 9.47 Å². The number of rotatable bonds is 4. The van der Waals surface area contributed by atoms with Crippen molar-refractivity contribution in [1.82, 2.24) is 4.90 Å². The normalized spacial score (nSPS) is 18.9. The molecule has 1 atom stereocenters. The molecule has 0 aromatic carbocycles. The number of ether oxygens (including phenoxy) is 2. The maximum atomic E-state index is 14.0. The van der Waals surface area contributed by atoms with Crippen LogP contribution in [0.2, 0.25) is 0 Å². The van der Waals surface area contributed by atoms with E-state index in [9.17, 15) is 14.4 Å². The fraction of sp³-hybridized carbons (Fsp3) is 0.679. The van der Waals surface area contributed by atoms with Crippen LogP contribution in [-0.4, -0.2) is 54.7 Å². The van der Waals surface area contributed by atoms with Crippen molar-refractivity contribution < 1.29 is 23.9 Å². The average molecular weight is 517 g/mol. The lowest BCUT2D eigenvalue weighted by molar-refractivity contribution is -0.123. The first kappa shape index (κ1) is 28.0. The molecule has 36 heavy (non-hydrogen) atoms. The van der Waals surface area contributed by atoms with Crippen molar-refractivity contribution in [2.75, 3.05) is 25.1 Å². The number of hydrogen-bond donors (Lipinski definition) is 0. The minimum Gasteiger partial charge on any atom is -0.465 e. The molecule has 3 rings (SSSR count). The molecule has 2 heterocycles. The second kappa shape index (κ2) is 11.2. The van der Waals surface area contributed by atoms with Crippen molar-refractivity contribution >= 4 is 35.0 Å².